The van der Waals surface area contributed by atoms with Crippen molar-refractivity contribution in [1.82, 2.24) is 9.80 Å². The summed E-state index contributed by atoms with van der Waals surface area (Å²) in [6.45, 7) is 10.1. The third-order valence-corrected chi connectivity index (χ3v) is 3.16. The van der Waals surface area contributed by atoms with E-state index in [1.54, 1.807) is 0 Å². The molecular formula is C15H26N2. The van der Waals surface area contributed by atoms with Crippen LogP contribution in [0.1, 0.15) is 19.4 Å². The third-order valence-electron chi connectivity index (χ3n) is 3.16. The van der Waals surface area contributed by atoms with Crippen molar-refractivity contribution >= 4 is 0 Å². The van der Waals surface area contributed by atoms with E-state index in [-0.39, 0.29) is 0 Å². The average molecular weight is 234 g/mol. The van der Waals surface area contributed by atoms with Gasteiger partial charge in [0.25, 0.3) is 0 Å². The molecule has 0 unspecified atom stereocenters. The highest BCUT2D eigenvalue weighted by molar-refractivity contribution is 5.14. The van der Waals surface area contributed by atoms with Crippen molar-refractivity contribution < 1.29 is 0 Å². The Bertz CT molecular complexity index is 276. The first-order valence-electron chi connectivity index (χ1n) is 6.79. The van der Waals surface area contributed by atoms with Gasteiger partial charge in [0.2, 0.25) is 0 Å². The number of hydrogen-bond acceptors (Lipinski definition) is 2. The minimum Gasteiger partial charge on any atom is -0.304 e. The van der Waals surface area contributed by atoms with Crippen molar-refractivity contribution in [1.29, 1.82) is 0 Å². The molecule has 17 heavy (non-hydrogen) atoms. The predicted octanol–water partition coefficient (Wildman–Crippen LogP) is 2.50. The molecular weight excluding hydrogens is 208 g/mol. The summed E-state index contributed by atoms with van der Waals surface area (Å²) in [4.78, 5) is 4.96. The topological polar surface area (TPSA) is 6.48 Å². The summed E-state index contributed by atoms with van der Waals surface area (Å²) in [5, 5.41) is 0. The molecule has 2 heteroatoms. The van der Waals surface area contributed by atoms with Crippen LogP contribution in [0.5, 0.6) is 0 Å². The minimum atomic E-state index is 1.19. The van der Waals surface area contributed by atoms with Crippen molar-refractivity contribution in [2.24, 2.45) is 0 Å². The maximum atomic E-state index is 2.56. The molecule has 1 aliphatic rings. The van der Waals surface area contributed by atoms with Crippen molar-refractivity contribution in [2.75, 3.05) is 39.8 Å². The maximum absolute atomic E-state index is 2.56. The lowest BCUT2D eigenvalue weighted by atomic mass is 10.1. The normalized spacial score (nSPS) is 17.4. The molecule has 1 aromatic rings. The number of rotatable bonds is 3. The zero-order valence-corrected chi connectivity index (χ0v) is 11.5. The van der Waals surface area contributed by atoms with Crippen LogP contribution in [0, 0.1) is 0 Å². The molecule has 96 valence electrons. The van der Waals surface area contributed by atoms with E-state index in [1.165, 1.54) is 44.7 Å². The Balaban J connectivity index is 0.000000686. The Morgan fingerprint density at radius 3 is 2.12 bits per heavy atom. The summed E-state index contributed by atoms with van der Waals surface area (Å²) >= 11 is 0. The molecule has 0 saturated carbocycles. The molecule has 1 saturated heterocycles. The molecule has 0 spiro atoms. The lowest BCUT2D eigenvalue weighted by Gasteiger charge is -2.32. The van der Waals surface area contributed by atoms with Gasteiger partial charge in [0, 0.05) is 32.7 Å². The molecule has 0 radical (unpaired) electrons. The molecule has 1 aliphatic heterocycles. The van der Waals surface area contributed by atoms with Gasteiger partial charge in [0.15, 0.2) is 0 Å². The summed E-state index contributed by atoms with van der Waals surface area (Å²) in [6.07, 6.45) is 1.19. The van der Waals surface area contributed by atoms with E-state index in [2.05, 4.69) is 47.2 Å². The summed E-state index contributed by atoms with van der Waals surface area (Å²) < 4.78 is 0. The van der Waals surface area contributed by atoms with E-state index in [0.717, 1.165) is 0 Å². The molecule has 0 amide bonds. The van der Waals surface area contributed by atoms with Crippen LogP contribution in [0.2, 0.25) is 0 Å². The van der Waals surface area contributed by atoms with E-state index >= 15 is 0 Å². The highest BCUT2D eigenvalue weighted by atomic mass is 15.2. The Kier molecular flexibility index (Phi) is 6.90. The lowest BCUT2D eigenvalue weighted by molar-refractivity contribution is 0.155. The first-order chi connectivity index (χ1) is 8.34. The molecule has 0 aliphatic carbocycles. The fourth-order valence-corrected chi connectivity index (χ4v) is 2.00. The highest BCUT2D eigenvalue weighted by Crippen LogP contribution is 2.04. The van der Waals surface area contributed by atoms with Gasteiger partial charge in [-0.15, -0.1) is 0 Å². The van der Waals surface area contributed by atoms with Gasteiger partial charge in [-0.2, -0.15) is 0 Å². The molecule has 1 aromatic carbocycles. The van der Waals surface area contributed by atoms with Gasteiger partial charge in [-0.05, 0) is 19.0 Å². The van der Waals surface area contributed by atoms with Gasteiger partial charge in [-0.1, -0.05) is 44.2 Å². The van der Waals surface area contributed by atoms with Gasteiger partial charge < -0.3 is 9.80 Å². The van der Waals surface area contributed by atoms with Gasteiger partial charge >= 0.3 is 0 Å². The highest BCUT2D eigenvalue weighted by Gasteiger charge is 2.12. The predicted molar refractivity (Wildman–Crippen MR) is 75.4 cm³/mol. The van der Waals surface area contributed by atoms with Crippen LogP contribution in [0.15, 0.2) is 30.3 Å². The van der Waals surface area contributed by atoms with Crippen molar-refractivity contribution in [3.8, 4) is 0 Å². The Hall–Kier alpha value is -0.860. The van der Waals surface area contributed by atoms with Gasteiger partial charge in [-0.3, -0.25) is 0 Å². The maximum Gasteiger partial charge on any atom is 0.0110 e. The second-order valence-electron chi connectivity index (χ2n) is 4.38. The van der Waals surface area contributed by atoms with Crippen LogP contribution in [0.4, 0.5) is 0 Å². The molecule has 2 nitrogen and oxygen atoms in total. The monoisotopic (exact) mass is 234 g/mol. The minimum absolute atomic E-state index is 1.19. The smallest absolute Gasteiger partial charge is 0.0110 e. The third kappa shape index (κ3) is 5.33. The molecule has 1 fully saturated rings. The summed E-state index contributed by atoms with van der Waals surface area (Å²) in [5.41, 5.74) is 1.46. The fraction of sp³-hybridized carbons (Fsp3) is 0.600. The SMILES string of the molecule is CC.CN1CCN(CCc2ccccc2)CC1. The van der Waals surface area contributed by atoms with Crippen LogP contribution in [-0.2, 0) is 6.42 Å². The number of nitrogens with zero attached hydrogens (tertiary/aromatic N) is 2. The van der Waals surface area contributed by atoms with E-state index in [0.29, 0.717) is 0 Å². The lowest BCUT2D eigenvalue weighted by Crippen LogP contribution is -2.45. The fourth-order valence-electron chi connectivity index (χ4n) is 2.00. The summed E-state index contributed by atoms with van der Waals surface area (Å²) in [7, 11) is 2.20. The second-order valence-corrected chi connectivity index (χ2v) is 4.38. The zero-order valence-electron chi connectivity index (χ0n) is 11.5. The van der Waals surface area contributed by atoms with Gasteiger partial charge in [0.1, 0.15) is 0 Å². The van der Waals surface area contributed by atoms with Crippen LogP contribution in [-0.4, -0.2) is 49.6 Å². The van der Waals surface area contributed by atoms with E-state index in [4.69, 9.17) is 0 Å². The van der Waals surface area contributed by atoms with Gasteiger partial charge in [0.05, 0.1) is 0 Å². The Labute approximate surface area is 106 Å². The van der Waals surface area contributed by atoms with E-state index < -0.39 is 0 Å². The van der Waals surface area contributed by atoms with Crippen LogP contribution >= 0.6 is 0 Å². The van der Waals surface area contributed by atoms with Gasteiger partial charge in [-0.25, -0.2) is 0 Å². The Morgan fingerprint density at radius 1 is 0.941 bits per heavy atom. The quantitative estimate of drug-likeness (QED) is 0.793. The molecule has 0 aromatic heterocycles. The molecule has 1 heterocycles. The molecule has 2 rings (SSSR count). The zero-order chi connectivity index (χ0) is 12.5. The number of piperazine rings is 1. The summed E-state index contributed by atoms with van der Waals surface area (Å²) in [5.74, 6) is 0. The molecule has 0 atom stereocenters. The van der Waals surface area contributed by atoms with Crippen LogP contribution < -0.4 is 0 Å². The first-order valence-corrected chi connectivity index (χ1v) is 6.79. The summed E-state index contributed by atoms with van der Waals surface area (Å²) in [6, 6.07) is 10.8. The van der Waals surface area contributed by atoms with Crippen LogP contribution in [0.3, 0.4) is 0 Å². The largest absolute Gasteiger partial charge is 0.304 e. The number of benzene rings is 1. The standard InChI is InChI=1S/C13H20N2.C2H6/c1-14-9-11-15(12-10-14)8-7-13-5-3-2-4-6-13;1-2/h2-6H,7-12H2,1H3;1-2H3. The van der Waals surface area contributed by atoms with E-state index in [9.17, 15) is 0 Å². The number of likely N-dealkylation sites (N-methyl/N-ethyl adjacent to an activating group) is 1. The second kappa shape index (κ2) is 8.26. The van der Waals surface area contributed by atoms with Crippen molar-refractivity contribution in [3.05, 3.63) is 35.9 Å². The number of hydrogen-bond donors (Lipinski definition) is 0. The van der Waals surface area contributed by atoms with E-state index in [1.807, 2.05) is 13.8 Å². The van der Waals surface area contributed by atoms with Crippen molar-refractivity contribution in [3.63, 3.8) is 0 Å². The molecule has 0 bridgehead atoms. The molecule has 0 N–H and O–H groups in total. The Morgan fingerprint density at radius 2 is 1.53 bits per heavy atom. The van der Waals surface area contributed by atoms with Crippen LogP contribution in [0.25, 0.3) is 0 Å². The average Bonchev–Trinajstić information content (AvgIpc) is 2.42. The van der Waals surface area contributed by atoms with Crippen molar-refractivity contribution in [2.45, 2.75) is 20.3 Å². The first kappa shape index (κ1) is 14.2.